The fourth-order valence-electron chi connectivity index (χ4n) is 2.04. The molecule has 1 aromatic heterocycles. The topological polar surface area (TPSA) is 80.3 Å². The number of nitrogens with zero attached hydrogens (tertiary/aromatic N) is 1. The average molecular weight is 362 g/mol. The zero-order valence-electron chi connectivity index (χ0n) is 14.3. The second kappa shape index (κ2) is 7.98. The molecule has 0 radical (unpaired) electrons. The van der Waals surface area contributed by atoms with Gasteiger partial charge in [-0.3, -0.25) is 14.6 Å². The van der Waals surface area contributed by atoms with Gasteiger partial charge in [0.2, 0.25) is 11.8 Å². The van der Waals surface area contributed by atoms with E-state index in [-0.39, 0.29) is 5.91 Å². The Bertz CT molecular complexity index is 763. The summed E-state index contributed by atoms with van der Waals surface area (Å²) in [6, 6.07) is 8.51. The number of methoxy groups -OCH3 is 1. The van der Waals surface area contributed by atoms with E-state index in [1.54, 1.807) is 50.5 Å². The van der Waals surface area contributed by atoms with Crippen molar-refractivity contribution >= 4 is 29.1 Å². The van der Waals surface area contributed by atoms with Gasteiger partial charge in [-0.15, -0.1) is 0 Å². The molecule has 0 aliphatic heterocycles. The van der Waals surface area contributed by atoms with E-state index >= 15 is 0 Å². The second-order valence-electron chi connectivity index (χ2n) is 5.97. The lowest BCUT2D eigenvalue weighted by Crippen LogP contribution is -2.44. The Kier molecular flexibility index (Phi) is 5.98. The molecule has 0 aliphatic rings. The minimum atomic E-state index is -1.26. The SMILES string of the molecule is COc1ccc(NC(=O)C(C)(C)C(=O)NCc2cccnc2)cc1Cl. The van der Waals surface area contributed by atoms with Crippen LogP contribution in [0.15, 0.2) is 42.7 Å². The number of benzene rings is 1. The number of ether oxygens (including phenoxy) is 1. The zero-order chi connectivity index (χ0) is 18.4. The Labute approximate surface area is 151 Å². The third-order valence-electron chi connectivity index (χ3n) is 3.72. The van der Waals surface area contributed by atoms with E-state index in [2.05, 4.69) is 15.6 Å². The molecule has 2 N–H and O–H groups in total. The van der Waals surface area contributed by atoms with Crippen molar-refractivity contribution in [1.82, 2.24) is 10.3 Å². The standard InChI is InChI=1S/C18H20ClN3O3/c1-18(2,16(23)21-11-12-5-4-8-20-10-12)17(24)22-13-6-7-15(25-3)14(19)9-13/h4-10H,11H2,1-3H3,(H,21,23)(H,22,24). The highest BCUT2D eigenvalue weighted by Gasteiger charge is 2.36. The first kappa shape index (κ1) is 18.7. The third kappa shape index (κ3) is 4.70. The van der Waals surface area contributed by atoms with Gasteiger partial charge in [0, 0.05) is 24.6 Å². The van der Waals surface area contributed by atoms with Crippen LogP contribution in [-0.4, -0.2) is 23.9 Å². The Balaban J connectivity index is 2.01. The molecule has 6 nitrogen and oxygen atoms in total. The summed E-state index contributed by atoms with van der Waals surface area (Å²) in [7, 11) is 1.51. The molecule has 0 saturated carbocycles. The summed E-state index contributed by atoms with van der Waals surface area (Å²) in [6.45, 7) is 3.43. The van der Waals surface area contributed by atoms with Crippen LogP contribution in [0.1, 0.15) is 19.4 Å². The molecular formula is C18H20ClN3O3. The fraction of sp³-hybridized carbons (Fsp3) is 0.278. The summed E-state index contributed by atoms with van der Waals surface area (Å²) in [5.74, 6) is -0.306. The number of nitrogens with one attached hydrogen (secondary N) is 2. The molecule has 0 spiro atoms. The van der Waals surface area contributed by atoms with Crippen molar-refractivity contribution in [2.75, 3.05) is 12.4 Å². The van der Waals surface area contributed by atoms with Crippen molar-refractivity contribution in [2.45, 2.75) is 20.4 Å². The molecule has 132 valence electrons. The number of hydrogen-bond donors (Lipinski definition) is 2. The molecular weight excluding hydrogens is 342 g/mol. The molecule has 0 unspecified atom stereocenters. The lowest BCUT2D eigenvalue weighted by molar-refractivity contribution is -0.138. The lowest BCUT2D eigenvalue weighted by Gasteiger charge is -2.23. The van der Waals surface area contributed by atoms with Gasteiger partial charge >= 0.3 is 0 Å². The van der Waals surface area contributed by atoms with Gasteiger partial charge in [-0.1, -0.05) is 17.7 Å². The van der Waals surface area contributed by atoms with Gasteiger partial charge in [0.15, 0.2) is 0 Å². The van der Waals surface area contributed by atoms with E-state index in [1.807, 2.05) is 6.07 Å². The molecule has 0 fully saturated rings. The van der Waals surface area contributed by atoms with E-state index in [0.29, 0.717) is 23.0 Å². The molecule has 0 aliphatic carbocycles. The Morgan fingerprint density at radius 2 is 2.00 bits per heavy atom. The van der Waals surface area contributed by atoms with Crippen LogP contribution in [-0.2, 0) is 16.1 Å². The van der Waals surface area contributed by atoms with Crippen LogP contribution >= 0.6 is 11.6 Å². The number of hydrogen-bond acceptors (Lipinski definition) is 4. The minimum Gasteiger partial charge on any atom is -0.495 e. The number of aromatic nitrogens is 1. The summed E-state index contributed by atoms with van der Waals surface area (Å²) in [6.07, 6.45) is 3.31. The summed E-state index contributed by atoms with van der Waals surface area (Å²) in [4.78, 5) is 28.9. The molecule has 0 bridgehead atoms. The Morgan fingerprint density at radius 3 is 2.60 bits per heavy atom. The van der Waals surface area contributed by atoms with Gasteiger partial charge < -0.3 is 15.4 Å². The van der Waals surface area contributed by atoms with Crippen LogP contribution in [0.25, 0.3) is 0 Å². The highest BCUT2D eigenvalue weighted by Crippen LogP contribution is 2.28. The molecule has 2 aromatic rings. The molecule has 25 heavy (non-hydrogen) atoms. The first-order valence-electron chi connectivity index (χ1n) is 7.67. The van der Waals surface area contributed by atoms with Crippen LogP contribution in [0, 0.1) is 5.41 Å². The minimum absolute atomic E-state index is 0.303. The number of pyridine rings is 1. The van der Waals surface area contributed by atoms with Gasteiger partial charge in [-0.2, -0.15) is 0 Å². The molecule has 1 aromatic carbocycles. The number of carbonyl (C=O) groups is 2. The molecule has 0 atom stereocenters. The van der Waals surface area contributed by atoms with Crippen molar-refractivity contribution in [2.24, 2.45) is 5.41 Å². The number of halogens is 1. The van der Waals surface area contributed by atoms with E-state index in [1.165, 1.54) is 7.11 Å². The van der Waals surface area contributed by atoms with Crippen molar-refractivity contribution < 1.29 is 14.3 Å². The molecule has 1 heterocycles. The summed E-state index contributed by atoms with van der Waals surface area (Å²) in [5, 5.41) is 5.83. The third-order valence-corrected chi connectivity index (χ3v) is 4.02. The summed E-state index contributed by atoms with van der Waals surface area (Å²) < 4.78 is 5.07. The van der Waals surface area contributed by atoms with Gasteiger partial charge in [0.1, 0.15) is 11.2 Å². The number of anilines is 1. The van der Waals surface area contributed by atoms with Crippen LogP contribution in [0.3, 0.4) is 0 Å². The van der Waals surface area contributed by atoms with Crippen molar-refractivity contribution in [3.63, 3.8) is 0 Å². The van der Waals surface area contributed by atoms with Crippen molar-refractivity contribution in [3.05, 3.63) is 53.3 Å². The highest BCUT2D eigenvalue weighted by atomic mass is 35.5. The monoisotopic (exact) mass is 361 g/mol. The zero-order valence-corrected chi connectivity index (χ0v) is 15.1. The predicted octanol–water partition coefficient (Wildman–Crippen LogP) is 3.02. The quantitative estimate of drug-likeness (QED) is 0.775. The smallest absolute Gasteiger partial charge is 0.239 e. The highest BCUT2D eigenvalue weighted by molar-refractivity contribution is 6.32. The van der Waals surface area contributed by atoms with E-state index in [9.17, 15) is 9.59 Å². The van der Waals surface area contributed by atoms with Crippen molar-refractivity contribution in [3.8, 4) is 5.75 Å². The molecule has 7 heteroatoms. The van der Waals surface area contributed by atoms with Crippen LogP contribution < -0.4 is 15.4 Å². The maximum absolute atomic E-state index is 12.5. The first-order chi connectivity index (χ1) is 11.8. The number of amides is 2. The Morgan fingerprint density at radius 1 is 1.24 bits per heavy atom. The summed E-state index contributed by atoms with van der Waals surface area (Å²) >= 11 is 6.05. The first-order valence-corrected chi connectivity index (χ1v) is 8.04. The van der Waals surface area contributed by atoms with Gasteiger partial charge in [-0.25, -0.2) is 0 Å². The van der Waals surface area contributed by atoms with Crippen molar-refractivity contribution in [1.29, 1.82) is 0 Å². The lowest BCUT2D eigenvalue weighted by atomic mass is 9.91. The predicted molar refractivity (Wildman–Crippen MR) is 96.5 cm³/mol. The van der Waals surface area contributed by atoms with E-state index in [4.69, 9.17) is 16.3 Å². The average Bonchev–Trinajstić information content (AvgIpc) is 2.60. The maximum Gasteiger partial charge on any atom is 0.239 e. The van der Waals surface area contributed by atoms with Crippen LogP contribution in [0.2, 0.25) is 5.02 Å². The van der Waals surface area contributed by atoms with Gasteiger partial charge in [0.25, 0.3) is 0 Å². The van der Waals surface area contributed by atoms with Gasteiger partial charge in [-0.05, 0) is 43.7 Å². The second-order valence-corrected chi connectivity index (χ2v) is 6.38. The summed E-state index contributed by atoms with van der Waals surface area (Å²) in [5.41, 5.74) is 0.0900. The number of carbonyl (C=O) groups excluding carboxylic acids is 2. The molecule has 2 amide bonds. The van der Waals surface area contributed by atoms with Gasteiger partial charge in [0.05, 0.1) is 12.1 Å². The molecule has 2 rings (SSSR count). The fourth-order valence-corrected chi connectivity index (χ4v) is 2.30. The maximum atomic E-state index is 12.5. The van der Waals surface area contributed by atoms with E-state index in [0.717, 1.165) is 5.56 Å². The number of rotatable bonds is 6. The van der Waals surface area contributed by atoms with Crippen LogP contribution in [0.5, 0.6) is 5.75 Å². The normalized spacial score (nSPS) is 10.9. The van der Waals surface area contributed by atoms with Crippen LogP contribution in [0.4, 0.5) is 5.69 Å². The Hall–Kier alpha value is -2.60. The largest absolute Gasteiger partial charge is 0.495 e. The van der Waals surface area contributed by atoms with E-state index < -0.39 is 11.3 Å². The molecule has 0 saturated heterocycles.